The fourth-order valence-corrected chi connectivity index (χ4v) is 3.30. The quantitative estimate of drug-likeness (QED) is 0.786. The summed E-state index contributed by atoms with van der Waals surface area (Å²) in [6.45, 7) is 10.7. The lowest BCUT2D eigenvalue weighted by atomic mass is 10.1. The van der Waals surface area contributed by atoms with Gasteiger partial charge in [-0.3, -0.25) is 0 Å². The standard InChI is InChI=1S/C18H32N2O/c1-14(2)10-19-11-18-9-17(15(3)21-18)13-20(4)12-16-7-5-6-8-16/h9,14,16,19H,5-8,10-13H2,1-4H3. The number of hydrogen-bond donors (Lipinski definition) is 1. The highest BCUT2D eigenvalue weighted by molar-refractivity contribution is 5.20. The zero-order valence-corrected chi connectivity index (χ0v) is 14.2. The van der Waals surface area contributed by atoms with Gasteiger partial charge in [-0.2, -0.15) is 0 Å². The van der Waals surface area contributed by atoms with E-state index in [4.69, 9.17) is 4.42 Å². The van der Waals surface area contributed by atoms with E-state index in [9.17, 15) is 0 Å². The van der Waals surface area contributed by atoms with Crippen LogP contribution in [0.1, 0.15) is 56.6 Å². The summed E-state index contributed by atoms with van der Waals surface area (Å²) in [5.74, 6) is 3.74. The van der Waals surface area contributed by atoms with Crippen LogP contribution in [0.5, 0.6) is 0 Å². The minimum atomic E-state index is 0.679. The van der Waals surface area contributed by atoms with Crippen molar-refractivity contribution in [2.75, 3.05) is 20.1 Å². The van der Waals surface area contributed by atoms with Crippen LogP contribution in [0.3, 0.4) is 0 Å². The molecule has 0 saturated heterocycles. The van der Waals surface area contributed by atoms with Gasteiger partial charge in [-0.15, -0.1) is 0 Å². The SMILES string of the molecule is Cc1oc(CNCC(C)C)cc1CN(C)CC1CCCC1. The van der Waals surface area contributed by atoms with E-state index < -0.39 is 0 Å². The molecular formula is C18H32N2O. The van der Waals surface area contributed by atoms with Gasteiger partial charge in [0.25, 0.3) is 0 Å². The van der Waals surface area contributed by atoms with Gasteiger partial charge in [0.05, 0.1) is 6.54 Å². The van der Waals surface area contributed by atoms with E-state index in [1.54, 1.807) is 0 Å². The summed E-state index contributed by atoms with van der Waals surface area (Å²) in [6.07, 6.45) is 5.68. The second-order valence-electron chi connectivity index (χ2n) is 7.17. The third-order valence-corrected chi connectivity index (χ3v) is 4.41. The molecule has 0 unspecified atom stereocenters. The number of rotatable bonds is 8. The fourth-order valence-electron chi connectivity index (χ4n) is 3.30. The van der Waals surface area contributed by atoms with Gasteiger partial charge >= 0.3 is 0 Å². The van der Waals surface area contributed by atoms with Crippen LogP contribution in [0.2, 0.25) is 0 Å². The molecule has 3 heteroatoms. The number of nitrogens with one attached hydrogen (secondary N) is 1. The van der Waals surface area contributed by atoms with Crippen LogP contribution < -0.4 is 5.32 Å². The van der Waals surface area contributed by atoms with Crippen LogP contribution in [0, 0.1) is 18.8 Å². The molecule has 0 spiro atoms. The molecule has 21 heavy (non-hydrogen) atoms. The predicted molar refractivity (Wildman–Crippen MR) is 88.3 cm³/mol. The average molecular weight is 292 g/mol. The Morgan fingerprint density at radius 3 is 2.71 bits per heavy atom. The average Bonchev–Trinajstić information content (AvgIpc) is 3.00. The van der Waals surface area contributed by atoms with Crippen LogP contribution in [0.25, 0.3) is 0 Å². The second-order valence-corrected chi connectivity index (χ2v) is 7.17. The van der Waals surface area contributed by atoms with E-state index in [1.807, 2.05) is 0 Å². The Labute approximate surface area is 130 Å². The summed E-state index contributed by atoms with van der Waals surface area (Å²) >= 11 is 0. The lowest BCUT2D eigenvalue weighted by Crippen LogP contribution is -2.24. The molecule has 1 aromatic heterocycles. The predicted octanol–water partition coefficient (Wildman–Crippen LogP) is 3.96. The molecule has 0 aromatic carbocycles. The van der Waals surface area contributed by atoms with Gasteiger partial charge in [0.15, 0.2) is 0 Å². The smallest absolute Gasteiger partial charge is 0.118 e. The monoisotopic (exact) mass is 292 g/mol. The fraction of sp³-hybridized carbons (Fsp3) is 0.778. The van der Waals surface area contributed by atoms with Gasteiger partial charge in [-0.05, 0) is 51.3 Å². The summed E-state index contributed by atoms with van der Waals surface area (Å²) in [5, 5.41) is 3.45. The first kappa shape index (κ1) is 16.6. The van der Waals surface area contributed by atoms with Crippen molar-refractivity contribution in [1.82, 2.24) is 10.2 Å². The first-order valence-electron chi connectivity index (χ1n) is 8.52. The van der Waals surface area contributed by atoms with Crippen molar-refractivity contribution in [2.45, 2.75) is 59.5 Å². The molecule has 0 radical (unpaired) electrons. The van der Waals surface area contributed by atoms with Crippen LogP contribution in [0.4, 0.5) is 0 Å². The van der Waals surface area contributed by atoms with E-state index in [1.165, 1.54) is 37.8 Å². The highest BCUT2D eigenvalue weighted by Crippen LogP contribution is 2.26. The van der Waals surface area contributed by atoms with E-state index in [-0.39, 0.29) is 0 Å². The first-order chi connectivity index (χ1) is 10.0. The summed E-state index contributed by atoms with van der Waals surface area (Å²) in [6, 6.07) is 2.23. The van der Waals surface area contributed by atoms with Crippen molar-refractivity contribution in [2.24, 2.45) is 11.8 Å². The lowest BCUT2D eigenvalue weighted by Gasteiger charge is -2.20. The van der Waals surface area contributed by atoms with Crippen LogP contribution in [-0.4, -0.2) is 25.0 Å². The van der Waals surface area contributed by atoms with Gasteiger partial charge in [-0.25, -0.2) is 0 Å². The van der Waals surface area contributed by atoms with Gasteiger partial charge in [-0.1, -0.05) is 26.7 Å². The van der Waals surface area contributed by atoms with Crippen LogP contribution in [-0.2, 0) is 13.1 Å². The van der Waals surface area contributed by atoms with Gasteiger partial charge in [0.2, 0.25) is 0 Å². The summed E-state index contributed by atoms with van der Waals surface area (Å²) in [4.78, 5) is 2.46. The van der Waals surface area contributed by atoms with Crippen molar-refractivity contribution < 1.29 is 4.42 Å². The topological polar surface area (TPSA) is 28.4 Å². The van der Waals surface area contributed by atoms with Gasteiger partial charge in [0, 0.05) is 18.7 Å². The molecular weight excluding hydrogens is 260 g/mol. The Hall–Kier alpha value is -0.800. The summed E-state index contributed by atoms with van der Waals surface area (Å²) in [7, 11) is 2.24. The molecule has 0 atom stereocenters. The molecule has 0 amide bonds. The minimum absolute atomic E-state index is 0.679. The number of nitrogens with zero attached hydrogens (tertiary/aromatic N) is 1. The molecule has 0 bridgehead atoms. The Morgan fingerprint density at radius 2 is 2.05 bits per heavy atom. The van der Waals surface area contributed by atoms with Gasteiger partial charge in [0.1, 0.15) is 11.5 Å². The molecule has 1 fully saturated rings. The Morgan fingerprint density at radius 1 is 1.33 bits per heavy atom. The highest BCUT2D eigenvalue weighted by Gasteiger charge is 2.18. The summed E-state index contributed by atoms with van der Waals surface area (Å²) < 4.78 is 5.88. The van der Waals surface area contributed by atoms with E-state index >= 15 is 0 Å². The molecule has 1 aliphatic carbocycles. The third-order valence-electron chi connectivity index (χ3n) is 4.41. The molecule has 1 heterocycles. The normalized spacial score (nSPS) is 16.5. The molecule has 1 aromatic rings. The van der Waals surface area contributed by atoms with E-state index in [0.717, 1.165) is 37.1 Å². The number of hydrogen-bond acceptors (Lipinski definition) is 3. The zero-order chi connectivity index (χ0) is 15.2. The molecule has 1 saturated carbocycles. The first-order valence-corrected chi connectivity index (χ1v) is 8.52. The number of aryl methyl sites for hydroxylation is 1. The molecule has 3 nitrogen and oxygen atoms in total. The zero-order valence-electron chi connectivity index (χ0n) is 14.2. The van der Waals surface area contributed by atoms with Gasteiger partial charge < -0.3 is 14.6 Å². The molecule has 1 N–H and O–H groups in total. The van der Waals surface area contributed by atoms with E-state index in [0.29, 0.717) is 5.92 Å². The highest BCUT2D eigenvalue weighted by atomic mass is 16.3. The molecule has 0 aliphatic heterocycles. The Bertz CT molecular complexity index is 419. The maximum atomic E-state index is 5.88. The van der Waals surface area contributed by atoms with Crippen molar-refractivity contribution in [1.29, 1.82) is 0 Å². The Balaban J connectivity index is 1.80. The Kier molecular flexibility index (Phi) is 6.31. The van der Waals surface area contributed by atoms with Crippen molar-refractivity contribution in [3.05, 3.63) is 23.2 Å². The molecule has 120 valence electrons. The van der Waals surface area contributed by atoms with E-state index in [2.05, 4.69) is 44.1 Å². The lowest BCUT2D eigenvalue weighted by molar-refractivity contribution is 0.269. The van der Waals surface area contributed by atoms with Crippen LogP contribution in [0.15, 0.2) is 10.5 Å². The third kappa shape index (κ3) is 5.48. The van der Waals surface area contributed by atoms with Crippen molar-refractivity contribution in [3.63, 3.8) is 0 Å². The second kappa shape index (κ2) is 8.00. The maximum Gasteiger partial charge on any atom is 0.118 e. The number of furan rings is 1. The largest absolute Gasteiger partial charge is 0.465 e. The summed E-state index contributed by atoms with van der Waals surface area (Å²) in [5.41, 5.74) is 1.34. The van der Waals surface area contributed by atoms with Crippen molar-refractivity contribution in [3.8, 4) is 0 Å². The molecule has 1 aliphatic rings. The van der Waals surface area contributed by atoms with Crippen LogP contribution >= 0.6 is 0 Å². The maximum absolute atomic E-state index is 5.88. The van der Waals surface area contributed by atoms with Crippen molar-refractivity contribution >= 4 is 0 Å². The minimum Gasteiger partial charge on any atom is -0.465 e. The molecule has 2 rings (SSSR count).